The van der Waals surface area contributed by atoms with Crippen molar-refractivity contribution in [1.29, 1.82) is 0 Å². The average Bonchev–Trinajstić information content (AvgIpc) is 3.20. The molecule has 0 unspecified atom stereocenters. The summed E-state index contributed by atoms with van der Waals surface area (Å²) in [7, 11) is -1.69. The number of nitrogens with zero attached hydrogens (tertiary/aromatic N) is 2. The predicted octanol–water partition coefficient (Wildman–Crippen LogP) is 5.33. The van der Waals surface area contributed by atoms with Crippen LogP contribution in [-0.4, -0.2) is 69.1 Å². The number of sulfonamides is 1. The summed E-state index contributed by atoms with van der Waals surface area (Å²) in [5.41, 5.74) is 1.95. The molecule has 2 aliphatic heterocycles. The Labute approximate surface area is 231 Å². The molecule has 2 fully saturated rings. The van der Waals surface area contributed by atoms with Crippen molar-refractivity contribution in [2.24, 2.45) is 16.7 Å². The van der Waals surface area contributed by atoms with Crippen LogP contribution < -0.4 is 10.1 Å². The maximum Gasteiger partial charge on any atom is 0.238 e. The topological polar surface area (TPSA) is 92.1 Å². The molecule has 1 aromatic heterocycles. The molecule has 2 aromatic carbocycles. The number of rotatable bonds is 7. The van der Waals surface area contributed by atoms with Gasteiger partial charge in [0.05, 0.1) is 25.1 Å². The number of carbonyl (C=O) groups excluding carboxylic acids is 1. The summed E-state index contributed by atoms with van der Waals surface area (Å²) in [6.07, 6.45) is 2.76. The summed E-state index contributed by atoms with van der Waals surface area (Å²) in [5, 5.41) is 4.97. The van der Waals surface area contributed by atoms with E-state index in [9.17, 15) is 13.2 Å². The molecule has 39 heavy (non-hydrogen) atoms. The second kappa shape index (κ2) is 10.4. The smallest absolute Gasteiger partial charge is 0.238 e. The van der Waals surface area contributed by atoms with Crippen LogP contribution in [0.3, 0.4) is 0 Å². The Morgan fingerprint density at radius 2 is 1.79 bits per heavy atom. The molecule has 0 radical (unpaired) electrons. The lowest BCUT2D eigenvalue weighted by Crippen LogP contribution is -2.56. The molecule has 1 spiro atoms. The number of para-hydroxylation sites is 1. The van der Waals surface area contributed by atoms with Crippen LogP contribution in [0.5, 0.6) is 5.75 Å². The number of likely N-dealkylation sites (tertiary alicyclic amines) is 1. The molecule has 5 rings (SSSR count). The van der Waals surface area contributed by atoms with Crippen LogP contribution in [0.4, 0.5) is 5.69 Å². The lowest BCUT2D eigenvalue weighted by Gasteiger charge is -2.52. The van der Waals surface area contributed by atoms with Crippen molar-refractivity contribution in [2.45, 2.75) is 47.0 Å². The highest BCUT2D eigenvalue weighted by molar-refractivity contribution is 7.89. The van der Waals surface area contributed by atoms with E-state index in [1.165, 1.54) is 0 Å². The van der Waals surface area contributed by atoms with Gasteiger partial charge in [0.1, 0.15) is 16.9 Å². The number of fused-ring (bicyclic) bond motifs is 3. The Bertz CT molecular complexity index is 1470. The van der Waals surface area contributed by atoms with Crippen LogP contribution in [0.15, 0.2) is 40.8 Å². The quantitative estimate of drug-likeness (QED) is 0.424. The van der Waals surface area contributed by atoms with Crippen molar-refractivity contribution in [3.05, 3.63) is 36.4 Å². The van der Waals surface area contributed by atoms with E-state index in [0.717, 1.165) is 48.7 Å². The van der Waals surface area contributed by atoms with Gasteiger partial charge in [0.2, 0.25) is 15.9 Å². The van der Waals surface area contributed by atoms with Gasteiger partial charge in [0.25, 0.3) is 0 Å². The molecule has 0 aliphatic carbocycles. The first-order valence-electron chi connectivity index (χ1n) is 13.9. The normalized spacial score (nSPS) is 20.2. The van der Waals surface area contributed by atoms with E-state index < -0.39 is 10.0 Å². The molecular formula is C30H41N3O5S. The Balaban J connectivity index is 1.24. The predicted molar refractivity (Wildman–Crippen MR) is 156 cm³/mol. The van der Waals surface area contributed by atoms with Crippen LogP contribution in [-0.2, 0) is 14.8 Å². The minimum Gasteiger partial charge on any atom is -0.495 e. The molecule has 0 saturated carbocycles. The first-order chi connectivity index (χ1) is 18.4. The second-order valence-electron chi connectivity index (χ2n) is 12.8. The number of ether oxygens (including phenoxy) is 1. The molecule has 0 atom stereocenters. The Kier molecular flexibility index (Phi) is 7.45. The van der Waals surface area contributed by atoms with Gasteiger partial charge in [-0.3, -0.25) is 9.69 Å². The van der Waals surface area contributed by atoms with Crippen LogP contribution in [0, 0.1) is 16.7 Å². The summed E-state index contributed by atoms with van der Waals surface area (Å²) < 4.78 is 39.6. The van der Waals surface area contributed by atoms with Crippen molar-refractivity contribution >= 4 is 43.6 Å². The average molecular weight is 556 g/mol. The van der Waals surface area contributed by atoms with E-state index in [1.807, 2.05) is 50.2 Å². The van der Waals surface area contributed by atoms with Crippen LogP contribution in [0.1, 0.15) is 47.0 Å². The minimum absolute atomic E-state index is 0.0473. The highest BCUT2D eigenvalue weighted by atomic mass is 32.2. The zero-order valence-corrected chi connectivity index (χ0v) is 24.6. The third-order valence-corrected chi connectivity index (χ3v) is 10.3. The van der Waals surface area contributed by atoms with Crippen LogP contribution in [0.2, 0.25) is 0 Å². The summed E-state index contributed by atoms with van der Waals surface area (Å²) in [5.74, 6) is 0.772. The number of hydrogen-bond donors (Lipinski definition) is 1. The SMILES string of the molecule is COc1cc2c(cc1NC(=O)CN1CCC3(CC1)CN(S(=O)(=O)CC(C)C)CC(C)(C)C3)oc1ccccc12. The number of furan rings is 1. The zero-order valence-electron chi connectivity index (χ0n) is 23.7. The third-order valence-electron chi connectivity index (χ3n) is 8.16. The number of piperidine rings is 2. The van der Waals surface area contributed by atoms with Gasteiger partial charge in [-0.1, -0.05) is 45.9 Å². The summed E-state index contributed by atoms with van der Waals surface area (Å²) in [4.78, 5) is 15.3. The van der Waals surface area contributed by atoms with E-state index in [0.29, 0.717) is 30.1 Å². The van der Waals surface area contributed by atoms with Gasteiger partial charge in [0, 0.05) is 29.9 Å². The summed E-state index contributed by atoms with van der Waals surface area (Å²) >= 11 is 0. The van der Waals surface area contributed by atoms with E-state index in [2.05, 4.69) is 24.1 Å². The maximum absolute atomic E-state index is 13.1. The van der Waals surface area contributed by atoms with Gasteiger partial charge in [0.15, 0.2) is 0 Å². The van der Waals surface area contributed by atoms with Gasteiger partial charge in [-0.05, 0) is 61.2 Å². The van der Waals surface area contributed by atoms with Crippen LogP contribution >= 0.6 is 0 Å². The Morgan fingerprint density at radius 3 is 2.49 bits per heavy atom. The summed E-state index contributed by atoms with van der Waals surface area (Å²) in [6.45, 7) is 11.2. The number of hydrogen-bond acceptors (Lipinski definition) is 6. The number of amides is 1. The molecular weight excluding hydrogens is 514 g/mol. The van der Waals surface area contributed by atoms with E-state index in [1.54, 1.807) is 11.4 Å². The molecule has 2 saturated heterocycles. The number of nitrogens with one attached hydrogen (secondary N) is 1. The van der Waals surface area contributed by atoms with Gasteiger partial charge < -0.3 is 14.5 Å². The van der Waals surface area contributed by atoms with E-state index in [-0.39, 0.29) is 35.0 Å². The van der Waals surface area contributed by atoms with E-state index in [4.69, 9.17) is 9.15 Å². The van der Waals surface area contributed by atoms with Crippen molar-refractivity contribution in [2.75, 3.05) is 50.9 Å². The third kappa shape index (κ3) is 5.95. The van der Waals surface area contributed by atoms with E-state index >= 15 is 0 Å². The first kappa shape index (κ1) is 27.9. The lowest BCUT2D eigenvalue weighted by molar-refractivity contribution is -0.118. The van der Waals surface area contributed by atoms with Crippen molar-refractivity contribution in [3.63, 3.8) is 0 Å². The van der Waals surface area contributed by atoms with Gasteiger partial charge >= 0.3 is 0 Å². The zero-order chi connectivity index (χ0) is 28.0. The lowest BCUT2D eigenvalue weighted by atomic mass is 9.65. The molecule has 3 aromatic rings. The molecule has 1 N–H and O–H groups in total. The fraction of sp³-hybridized carbons (Fsp3) is 0.567. The maximum atomic E-state index is 13.1. The van der Waals surface area contributed by atoms with Gasteiger partial charge in [-0.15, -0.1) is 0 Å². The summed E-state index contributed by atoms with van der Waals surface area (Å²) in [6, 6.07) is 11.6. The Hall–Kier alpha value is -2.62. The first-order valence-corrected chi connectivity index (χ1v) is 15.5. The molecule has 2 aliphatic rings. The van der Waals surface area contributed by atoms with Crippen LogP contribution in [0.25, 0.3) is 21.9 Å². The number of methoxy groups -OCH3 is 1. The molecule has 212 valence electrons. The fourth-order valence-corrected chi connectivity index (χ4v) is 8.76. The second-order valence-corrected chi connectivity index (χ2v) is 14.8. The van der Waals surface area contributed by atoms with Crippen molar-refractivity contribution in [3.8, 4) is 5.75 Å². The van der Waals surface area contributed by atoms with Gasteiger partial charge in [-0.2, -0.15) is 0 Å². The molecule has 9 heteroatoms. The monoisotopic (exact) mass is 555 g/mol. The number of anilines is 1. The molecule has 1 amide bonds. The largest absolute Gasteiger partial charge is 0.495 e. The minimum atomic E-state index is -3.29. The molecule has 0 bridgehead atoms. The molecule has 3 heterocycles. The highest BCUT2D eigenvalue weighted by Crippen LogP contribution is 2.47. The van der Waals surface area contributed by atoms with Crippen molar-refractivity contribution in [1.82, 2.24) is 9.21 Å². The van der Waals surface area contributed by atoms with Crippen molar-refractivity contribution < 1.29 is 22.4 Å². The highest BCUT2D eigenvalue weighted by Gasteiger charge is 2.47. The Morgan fingerprint density at radius 1 is 1.08 bits per heavy atom. The number of carbonyl (C=O) groups is 1. The van der Waals surface area contributed by atoms with Gasteiger partial charge in [-0.25, -0.2) is 12.7 Å². The molecule has 8 nitrogen and oxygen atoms in total. The standard InChI is InChI=1S/C30H41N3O5S/c1-21(2)17-39(35,36)33-19-29(3,4)18-30(20-33)10-12-32(13-11-30)16-28(34)31-24-15-26-23(14-27(24)37-5)22-8-6-7-9-25(22)38-26/h6-9,14-15,21H,10-13,16-20H2,1-5H3,(H,31,34). The number of benzene rings is 2. The fourth-order valence-electron chi connectivity index (χ4n) is 6.69.